The normalized spacial score (nSPS) is 21.0. The predicted molar refractivity (Wildman–Crippen MR) is 73.4 cm³/mol. The molecule has 2 heterocycles. The van der Waals surface area contributed by atoms with E-state index < -0.39 is 47.2 Å². The molecule has 23 heavy (non-hydrogen) atoms. The molecule has 0 spiro atoms. The van der Waals surface area contributed by atoms with Crippen LogP contribution in [0.5, 0.6) is 0 Å². The number of rotatable bonds is 1. The molecule has 0 aromatic heterocycles. The van der Waals surface area contributed by atoms with Crippen LogP contribution in [-0.2, 0) is 19.2 Å². The van der Waals surface area contributed by atoms with Crippen LogP contribution >= 0.6 is 0 Å². The van der Waals surface area contributed by atoms with Gasteiger partial charge in [-0.05, 0) is 6.08 Å². The molecule has 0 N–H and O–H groups in total. The smallest absolute Gasteiger partial charge is 0.273 e. The summed E-state index contributed by atoms with van der Waals surface area (Å²) in [6.45, 7) is 0. The third-order valence-corrected chi connectivity index (χ3v) is 3.74. The minimum atomic E-state index is -1.49. The largest absolute Gasteiger partial charge is 0.333 e. The van der Waals surface area contributed by atoms with Crippen LogP contribution in [0.2, 0.25) is 0 Å². The molecule has 8 amide bonds. The second-order valence-electron chi connectivity index (χ2n) is 5.15. The van der Waals surface area contributed by atoms with Crippen LogP contribution in [-0.4, -0.2) is 83.5 Å². The highest BCUT2D eigenvalue weighted by molar-refractivity contribution is 6.29. The van der Waals surface area contributed by atoms with Crippen LogP contribution < -0.4 is 0 Å². The molecule has 10 heteroatoms. The van der Waals surface area contributed by atoms with E-state index in [1.54, 1.807) is 0 Å². The van der Waals surface area contributed by atoms with Crippen LogP contribution in [0, 0.1) is 5.92 Å². The fraction of sp³-hybridized carbons (Fsp3) is 0.385. The molecule has 2 aliphatic rings. The number of urea groups is 2. The van der Waals surface area contributed by atoms with Crippen molar-refractivity contribution >= 4 is 35.7 Å². The Morgan fingerprint density at radius 2 is 1.00 bits per heavy atom. The van der Waals surface area contributed by atoms with Crippen molar-refractivity contribution in [1.82, 2.24) is 19.6 Å². The highest BCUT2D eigenvalue weighted by Gasteiger charge is 2.44. The van der Waals surface area contributed by atoms with Crippen LogP contribution in [0.1, 0.15) is 0 Å². The molecular weight excluding hydrogens is 308 g/mol. The van der Waals surface area contributed by atoms with Gasteiger partial charge in [-0.15, -0.1) is 0 Å². The molecule has 2 saturated heterocycles. The molecule has 0 atom stereocenters. The molecule has 0 radical (unpaired) electrons. The van der Waals surface area contributed by atoms with E-state index in [0.717, 1.165) is 15.9 Å². The van der Waals surface area contributed by atoms with Gasteiger partial charge in [0.15, 0.2) is 0 Å². The number of imide groups is 4. The number of amides is 8. The first-order valence-electron chi connectivity index (χ1n) is 6.50. The van der Waals surface area contributed by atoms with Gasteiger partial charge >= 0.3 is 12.1 Å². The monoisotopic (exact) mass is 322 g/mol. The number of carbonyl (C=O) groups is 6. The first kappa shape index (κ1) is 16.3. The zero-order chi connectivity index (χ0) is 17.6. The van der Waals surface area contributed by atoms with Crippen molar-refractivity contribution in [3.8, 4) is 0 Å². The van der Waals surface area contributed by atoms with E-state index in [2.05, 4.69) is 0 Å². The van der Waals surface area contributed by atoms with Crippen molar-refractivity contribution in [1.29, 1.82) is 0 Å². The van der Waals surface area contributed by atoms with Gasteiger partial charge < -0.3 is 0 Å². The molecule has 0 aromatic carbocycles. The molecule has 10 nitrogen and oxygen atoms in total. The van der Waals surface area contributed by atoms with E-state index >= 15 is 0 Å². The van der Waals surface area contributed by atoms with Gasteiger partial charge in [-0.3, -0.25) is 38.8 Å². The van der Waals surface area contributed by atoms with E-state index in [4.69, 9.17) is 0 Å². The summed E-state index contributed by atoms with van der Waals surface area (Å²) in [6, 6.07) is -1.62. The number of carbonyl (C=O) groups excluding carboxylic acids is 6. The van der Waals surface area contributed by atoms with Crippen molar-refractivity contribution < 1.29 is 28.8 Å². The maximum Gasteiger partial charge on any atom is 0.333 e. The molecule has 0 aromatic rings. The fourth-order valence-corrected chi connectivity index (χ4v) is 2.24. The topological polar surface area (TPSA) is 115 Å². The second-order valence-corrected chi connectivity index (χ2v) is 5.15. The molecular formula is C13H14N4O6. The van der Waals surface area contributed by atoms with Crippen LogP contribution in [0.3, 0.4) is 0 Å². The highest BCUT2D eigenvalue weighted by atomic mass is 16.2. The van der Waals surface area contributed by atoms with Gasteiger partial charge in [-0.1, -0.05) is 0 Å². The van der Waals surface area contributed by atoms with Gasteiger partial charge in [0.25, 0.3) is 11.8 Å². The average molecular weight is 322 g/mol. The summed E-state index contributed by atoms with van der Waals surface area (Å²) in [7, 11) is 4.72. The van der Waals surface area contributed by atoms with Gasteiger partial charge in [-0.2, -0.15) is 0 Å². The molecule has 0 saturated carbocycles. The van der Waals surface area contributed by atoms with E-state index in [1.807, 2.05) is 0 Å². The van der Waals surface area contributed by atoms with Crippen molar-refractivity contribution in [2.45, 2.75) is 0 Å². The SMILES string of the molecule is CN1C(=O)C(=CC2C(=O)N(C)C(=O)N(C)C2=O)C(=O)N(C)C1=O. The average Bonchev–Trinajstić information content (AvgIpc) is 2.54. The zero-order valence-electron chi connectivity index (χ0n) is 12.9. The first-order chi connectivity index (χ1) is 10.6. The maximum atomic E-state index is 12.1. The van der Waals surface area contributed by atoms with Crippen molar-refractivity contribution in [3.05, 3.63) is 11.6 Å². The summed E-state index contributed by atoms with van der Waals surface area (Å²) in [5, 5.41) is 0. The Balaban J connectivity index is 2.47. The van der Waals surface area contributed by atoms with Crippen molar-refractivity contribution in [2.75, 3.05) is 28.2 Å². The number of hydrogen-bond donors (Lipinski definition) is 0. The molecule has 0 unspecified atom stereocenters. The Morgan fingerprint density at radius 1 is 0.652 bits per heavy atom. The lowest BCUT2D eigenvalue weighted by Crippen LogP contribution is -2.57. The van der Waals surface area contributed by atoms with Gasteiger partial charge in [0, 0.05) is 28.2 Å². The molecule has 2 aliphatic heterocycles. The number of nitrogens with zero attached hydrogens (tertiary/aromatic N) is 4. The Bertz CT molecular complexity index is 647. The van der Waals surface area contributed by atoms with E-state index in [9.17, 15) is 28.8 Å². The van der Waals surface area contributed by atoms with Crippen LogP contribution in [0.25, 0.3) is 0 Å². The van der Waals surface area contributed by atoms with Gasteiger partial charge in [-0.25, -0.2) is 9.59 Å². The van der Waals surface area contributed by atoms with Gasteiger partial charge in [0.2, 0.25) is 11.8 Å². The summed E-state index contributed by atoms with van der Waals surface area (Å²) in [6.07, 6.45) is 0.897. The lowest BCUT2D eigenvalue weighted by molar-refractivity contribution is -0.145. The summed E-state index contributed by atoms with van der Waals surface area (Å²) in [5.41, 5.74) is -0.475. The molecule has 2 rings (SSSR count). The van der Waals surface area contributed by atoms with Crippen molar-refractivity contribution in [3.63, 3.8) is 0 Å². The lowest BCUT2D eigenvalue weighted by atomic mass is 9.98. The lowest BCUT2D eigenvalue weighted by Gasteiger charge is -2.33. The van der Waals surface area contributed by atoms with E-state index in [0.29, 0.717) is 9.80 Å². The Hall–Kier alpha value is -3.04. The first-order valence-corrected chi connectivity index (χ1v) is 6.50. The van der Waals surface area contributed by atoms with Gasteiger partial charge in [0.1, 0.15) is 11.5 Å². The minimum Gasteiger partial charge on any atom is -0.273 e. The fourth-order valence-electron chi connectivity index (χ4n) is 2.24. The maximum absolute atomic E-state index is 12.1. The van der Waals surface area contributed by atoms with Crippen LogP contribution in [0.15, 0.2) is 11.6 Å². The predicted octanol–water partition coefficient (Wildman–Crippen LogP) is -1.37. The molecule has 0 bridgehead atoms. The summed E-state index contributed by atoms with van der Waals surface area (Å²) < 4.78 is 0. The number of hydrogen-bond acceptors (Lipinski definition) is 6. The number of barbiturate groups is 2. The van der Waals surface area contributed by atoms with Gasteiger partial charge in [0.05, 0.1) is 0 Å². The Kier molecular flexibility index (Phi) is 3.77. The van der Waals surface area contributed by atoms with E-state index in [1.165, 1.54) is 28.2 Å². The third kappa shape index (κ3) is 2.28. The second kappa shape index (κ2) is 5.30. The van der Waals surface area contributed by atoms with Crippen LogP contribution in [0.4, 0.5) is 9.59 Å². The summed E-state index contributed by atoms with van der Waals surface area (Å²) >= 11 is 0. The molecule has 2 fully saturated rings. The third-order valence-electron chi connectivity index (χ3n) is 3.74. The molecule has 122 valence electrons. The zero-order valence-corrected chi connectivity index (χ0v) is 12.9. The minimum absolute atomic E-state index is 0.475. The van der Waals surface area contributed by atoms with E-state index in [-0.39, 0.29) is 0 Å². The summed E-state index contributed by atoms with van der Waals surface area (Å²) in [5.74, 6) is -5.02. The standard InChI is InChI=1S/C13H14N4O6/c1-14-8(18)6(9(19)15(2)12(14)22)5-7-10(20)16(3)13(23)17(4)11(7)21/h5-6H,1-4H3. The highest BCUT2D eigenvalue weighted by Crippen LogP contribution is 2.21. The quantitative estimate of drug-likeness (QED) is 0.334. The van der Waals surface area contributed by atoms with Crippen molar-refractivity contribution in [2.24, 2.45) is 5.92 Å². The molecule has 0 aliphatic carbocycles. The number of likely N-dealkylation sites (N-methyl/N-ethyl adjacent to an activating group) is 2. The summed E-state index contributed by atoms with van der Waals surface area (Å²) in [4.78, 5) is 74.5. The Morgan fingerprint density at radius 3 is 1.39 bits per heavy atom. The Labute approximate surface area is 130 Å².